The molecule has 118 valence electrons. The number of sulfonamides is 1. The molecule has 0 bridgehead atoms. The first-order chi connectivity index (χ1) is 10.1. The summed E-state index contributed by atoms with van der Waals surface area (Å²) in [6.45, 7) is 3.61. The van der Waals surface area contributed by atoms with E-state index < -0.39 is 10.0 Å². The second-order valence-electron chi connectivity index (χ2n) is 6.11. The Morgan fingerprint density at radius 2 is 1.90 bits per heavy atom. The van der Waals surface area contributed by atoms with Crippen molar-refractivity contribution in [1.29, 1.82) is 0 Å². The highest BCUT2D eigenvalue weighted by Gasteiger charge is 2.29. The molecule has 1 saturated heterocycles. The summed E-state index contributed by atoms with van der Waals surface area (Å²) in [5.74, 6) is 1.22. The summed E-state index contributed by atoms with van der Waals surface area (Å²) in [5, 5.41) is 3.35. The van der Waals surface area contributed by atoms with Gasteiger partial charge in [0.25, 0.3) is 0 Å². The van der Waals surface area contributed by atoms with Gasteiger partial charge in [-0.3, -0.25) is 0 Å². The van der Waals surface area contributed by atoms with Crippen molar-refractivity contribution in [1.82, 2.24) is 9.62 Å². The first kappa shape index (κ1) is 15.1. The maximum atomic E-state index is 12.8. The van der Waals surface area contributed by atoms with Crippen LogP contribution in [0.5, 0.6) is 0 Å². The molecule has 0 unspecified atom stereocenters. The van der Waals surface area contributed by atoms with E-state index >= 15 is 0 Å². The summed E-state index contributed by atoms with van der Waals surface area (Å²) in [7, 11) is -3.41. The molecule has 0 spiro atoms. The Kier molecular flexibility index (Phi) is 4.38. The fourth-order valence-corrected chi connectivity index (χ4v) is 4.52. The standard InChI is InChI=1S/C15H24N2O3S/c1-12-15(10-14(20-12)11-16-13-6-7-13)21(18,19)17-8-4-2-3-5-9-17/h10,13,16H,2-9,11H2,1H3. The van der Waals surface area contributed by atoms with Crippen molar-refractivity contribution in [3.63, 3.8) is 0 Å². The summed E-state index contributed by atoms with van der Waals surface area (Å²) in [5.41, 5.74) is 0. The van der Waals surface area contributed by atoms with Gasteiger partial charge in [-0.25, -0.2) is 8.42 Å². The lowest BCUT2D eigenvalue weighted by molar-refractivity contribution is 0.419. The molecule has 2 heterocycles. The molecule has 1 aromatic rings. The van der Waals surface area contributed by atoms with E-state index in [1.54, 1.807) is 17.3 Å². The van der Waals surface area contributed by atoms with Gasteiger partial charge < -0.3 is 9.73 Å². The van der Waals surface area contributed by atoms with Crippen LogP contribution >= 0.6 is 0 Å². The summed E-state index contributed by atoms with van der Waals surface area (Å²) in [6, 6.07) is 2.28. The van der Waals surface area contributed by atoms with Crippen LogP contribution in [-0.2, 0) is 16.6 Å². The van der Waals surface area contributed by atoms with Crippen LogP contribution in [0.2, 0.25) is 0 Å². The zero-order valence-electron chi connectivity index (χ0n) is 12.6. The van der Waals surface area contributed by atoms with Crippen LogP contribution < -0.4 is 5.32 Å². The summed E-state index contributed by atoms with van der Waals surface area (Å²) in [4.78, 5) is 0.344. The van der Waals surface area contributed by atoms with E-state index in [9.17, 15) is 8.42 Å². The van der Waals surface area contributed by atoms with Crippen LogP contribution in [0.15, 0.2) is 15.4 Å². The topological polar surface area (TPSA) is 62.6 Å². The molecule has 1 aromatic heterocycles. The molecule has 0 amide bonds. The number of hydrogen-bond donors (Lipinski definition) is 1. The Balaban J connectivity index is 1.76. The van der Waals surface area contributed by atoms with Gasteiger partial charge in [-0.05, 0) is 32.6 Å². The third kappa shape index (κ3) is 3.49. The minimum atomic E-state index is -3.41. The van der Waals surface area contributed by atoms with Gasteiger partial charge in [0.05, 0.1) is 6.54 Å². The molecule has 1 N–H and O–H groups in total. The smallest absolute Gasteiger partial charge is 0.246 e. The van der Waals surface area contributed by atoms with Crippen molar-refractivity contribution in [3.8, 4) is 0 Å². The van der Waals surface area contributed by atoms with Crippen molar-refractivity contribution in [2.75, 3.05) is 13.1 Å². The largest absolute Gasteiger partial charge is 0.464 e. The maximum Gasteiger partial charge on any atom is 0.246 e. The van der Waals surface area contributed by atoms with Crippen molar-refractivity contribution < 1.29 is 12.8 Å². The fraction of sp³-hybridized carbons (Fsp3) is 0.733. The predicted octanol–water partition coefficient (Wildman–Crippen LogP) is 2.40. The number of furan rings is 1. The van der Waals surface area contributed by atoms with E-state index in [-0.39, 0.29) is 0 Å². The molecule has 21 heavy (non-hydrogen) atoms. The van der Waals surface area contributed by atoms with E-state index in [0.29, 0.717) is 42.1 Å². The highest BCUT2D eigenvalue weighted by atomic mass is 32.2. The van der Waals surface area contributed by atoms with Gasteiger partial charge in [0.15, 0.2) is 0 Å². The Morgan fingerprint density at radius 1 is 1.24 bits per heavy atom. The first-order valence-corrected chi connectivity index (χ1v) is 9.34. The molecule has 1 saturated carbocycles. The Labute approximate surface area is 126 Å². The minimum absolute atomic E-state index is 0.344. The zero-order chi connectivity index (χ0) is 14.9. The maximum absolute atomic E-state index is 12.8. The van der Waals surface area contributed by atoms with Gasteiger partial charge in [0.2, 0.25) is 10.0 Å². The van der Waals surface area contributed by atoms with Crippen LogP contribution in [0, 0.1) is 6.92 Å². The minimum Gasteiger partial charge on any atom is -0.464 e. The van der Waals surface area contributed by atoms with Gasteiger partial charge >= 0.3 is 0 Å². The van der Waals surface area contributed by atoms with Gasteiger partial charge in [-0.2, -0.15) is 4.31 Å². The van der Waals surface area contributed by atoms with Crippen LogP contribution in [0.25, 0.3) is 0 Å². The first-order valence-electron chi connectivity index (χ1n) is 7.90. The van der Waals surface area contributed by atoms with Crippen LogP contribution in [0.1, 0.15) is 50.0 Å². The van der Waals surface area contributed by atoms with E-state index in [1.165, 1.54) is 12.8 Å². The average molecular weight is 312 g/mol. The average Bonchev–Trinajstić information content (AvgIpc) is 3.23. The zero-order valence-corrected chi connectivity index (χ0v) is 13.4. The molecule has 0 aromatic carbocycles. The lowest BCUT2D eigenvalue weighted by Gasteiger charge is -2.19. The molecule has 0 atom stereocenters. The number of rotatable bonds is 5. The quantitative estimate of drug-likeness (QED) is 0.907. The number of aryl methyl sites for hydroxylation is 1. The molecule has 3 rings (SSSR count). The number of nitrogens with zero attached hydrogens (tertiary/aromatic N) is 1. The van der Waals surface area contributed by atoms with Crippen molar-refractivity contribution in [2.45, 2.75) is 62.9 Å². The van der Waals surface area contributed by atoms with Gasteiger partial charge in [-0.15, -0.1) is 0 Å². The van der Waals surface area contributed by atoms with Gasteiger partial charge in [0, 0.05) is 25.2 Å². The molecule has 1 aliphatic heterocycles. The van der Waals surface area contributed by atoms with Crippen LogP contribution in [0.4, 0.5) is 0 Å². The van der Waals surface area contributed by atoms with E-state index in [4.69, 9.17) is 4.42 Å². The second kappa shape index (κ2) is 6.10. The third-order valence-corrected chi connectivity index (χ3v) is 6.25. The van der Waals surface area contributed by atoms with E-state index in [2.05, 4.69) is 5.32 Å². The van der Waals surface area contributed by atoms with Crippen molar-refractivity contribution >= 4 is 10.0 Å². The van der Waals surface area contributed by atoms with E-state index in [1.807, 2.05) is 0 Å². The van der Waals surface area contributed by atoms with E-state index in [0.717, 1.165) is 25.7 Å². The highest BCUT2D eigenvalue weighted by Crippen LogP contribution is 2.26. The molecular weight excluding hydrogens is 288 g/mol. The van der Waals surface area contributed by atoms with Gasteiger partial charge in [-0.1, -0.05) is 12.8 Å². The number of hydrogen-bond acceptors (Lipinski definition) is 4. The lowest BCUT2D eigenvalue weighted by Crippen LogP contribution is -2.32. The second-order valence-corrected chi connectivity index (χ2v) is 8.01. The SMILES string of the molecule is Cc1oc(CNC2CC2)cc1S(=O)(=O)N1CCCCCC1. The lowest BCUT2D eigenvalue weighted by atomic mass is 10.2. The Hall–Kier alpha value is -0.850. The molecule has 2 fully saturated rings. The summed E-state index contributed by atoms with van der Waals surface area (Å²) >= 11 is 0. The highest BCUT2D eigenvalue weighted by molar-refractivity contribution is 7.89. The molecule has 2 aliphatic rings. The summed E-state index contributed by atoms with van der Waals surface area (Å²) in [6.07, 6.45) is 6.55. The fourth-order valence-electron chi connectivity index (χ4n) is 2.82. The molecule has 6 heteroatoms. The number of nitrogens with one attached hydrogen (secondary N) is 1. The molecule has 5 nitrogen and oxygen atoms in total. The third-order valence-electron chi connectivity index (χ3n) is 4.25. The molecular formula is C15H24N2O3S. The normalized spacial score (nSPS) is 21.4. The molecule has 0 radical (unpaired) electrons. The monoisotopic (exact) mass is 312 g/mol. The predicted molar refractivity (Wildman–Crippen MR) is 80.5 cm³/mol. The molecule has 1 aliphatic carbocycles. The van der Waals surface area contributed by atoms with Crippen molar-refractivity contribution in [2.24, 2.45) is 0 Å². The Morgan fingerprint density at radius 3 is 2.52 bits per heavy atom. The van der Waals surface area contributed by atoms with Crippen LogP contribution in [-0.4, -0.2) is 31.9 Å². The van der Waals surface area contributed by atoms with Crippen LogP contribution in [0.3, 0.4) is 0 Å². The van der Waals surface area contributed by atoms with Crippen molar-refractivity contribution in [3.05, 3.63) is 17.6 Å². The van der Waals surface area contributed by atoms with Gasteiger partial charge in [0.1, 0.15) is 16.4 Å². The Bertz CT molecular complexity index is 582. The summed E-state index contributed by atoms with van der Waals surface area (Å²) < 4.78 is 32.8.